The zero-order valence-corrected chi connectivity index (χ0v) is 11.2. The van der Waals surface area contributed by atoms with Crippen molar-refractivity contribution in [1.29, 1.82) is 0 Å². The second-order valence-corrected chi connectivity index (χ2v) is 5.56. The van der Waals surface area contributed by atoms with Crippen molar-refractivity contribution in [3.8, 4) is 0 Å². The molecule has 0 aliphatic heterocycles. The summed E-state index contributed by atoms with van der Waals surface area (Å²) >= 11 is 0. The summed E-state index contributed by atoms with van der Waals surface area (Å²) < 4.78 is 5.25. The third-order valence-corrected chi connectivity index (χ3v) is 3.50. The maximum absolute atomic E-state index is 12.2. The largest absolute Gasteiger partial charge is 0.467 e. The molecule has 3 N–H and O–H groups in total. The number of carbonyl (C=O) groups excluding carboxylic acids is 1. The highest BCUT2D eigenvalue weighted by Crippen LogP contribution is 2.29. The Kier molecular flexibility index (Phi) is 3.67. The topological polar surface area (TPSA) is 68.3 Å². The fourth-order valence-corrected chi connectivity index (χ4v) is 1.28. The number of furan rings is 1. The van der Waals surface area contributed by atoms with E-state index in [-0.39, 0.29) is 11.9 Å². The first-order valence-electron chi connectivity index (χ1n) is 5.79. The van der Waals surface area contributed by atoms with E-state index < -0.39 is 11.0 Å². The molecular weight excluding hydrogens is 216 g/mol. The van der Waals surface area contributed by atoms with Gasteiger partial charge < -0.3 is 15.5 Å². The van der Waals surface area contributed by atoms with Gasteiger partial charge in [-0.25, -0.2) is 0 Å². The van der Waals surface area contributed by atoms with E-state index in [1.54, 1.807) is 12.3 Å². The maximum Gasteiger partial charge on any atom is 0.228 e. The average Bonchev–Trinajstić information content (AvgIpc) is 2.68. The summed E-state index contributed by atoms with van der Waals surface area (Å²) in [5.41, 5.74) is 4.80. The van der Waals surface area contributed by atoms with E-state index in [4.69, 9.17) is 10.2 Å². The van der Waals surface area contributed by atoms with Gasteiger partial charge in [-0.05, 0) is 46.8 Å². The van der Waals surface area contributed by atoms with Crippen molar-refractivity contribution < 1.29 is 9.21 Å². The lowest BCUT2D eigenvalue weighted by atomic mass is 9.74. The lowest BCUT2D eigenvalue weighted by molar-refractivity contribution is -0.133. The molecule has 1 atom stereocenters. The van der Waals surface area contributed by atoms with Crippen molar-refractivity contribution in [1.82, 2.24) is 5.32 Å². The van der Waals surface area contributed by atoms with Crippen molar-refractivity contribution in [2.24, 2.45) is 11.1 Å². The van der Waals surface area contributed by atoms with Crippen LogP contribution in [0.25, 0.3) is 0 Å². The van der Waals surface area contributed by atoms with Crippen LogP contribution in [0, 0.1) is 5.41 Å². The molecule has 0 radical (unpaired) electrons. The van der Waals surface area contributed by atoms with Crippen LogP contribution >= 0.6 is 0 Å². The maximum atomic E-state index is 12.2. The number of amides is 1. The fourth-order valence-electron chi connectivity index (χ4n) is 1.28. The first-order valence-corrected chi connectivity index (χ1v) is 5.79. The highest BCUT2D eigenvalue weighted by molar-refractivity contribution is 5.83. The monoisotopic (exact) mass is 238 g/mol. The Bertz CT molecular complexity index is 375. The molecule has 1 amide bonds. The Morgan fingerprint density at radius 3 is 2.41 bits per heavy atom. The molecule has 4 nitrogen and oxygen atoms in total. The van der Waals surface area contributed by atoms with Gasteiger partial charge in [0.05, 0.1) is 17.7 Å². The SMILES string of the molecule is C[C@H](NC(=O)C(C)(C)C(C)(C)N)c1ccco1. The Hall–Kier alpha value is -1.29. The summed E-state index contributed by atoms with van der Waals surface area (Å²) in [7, 11) is 0. The number of rotatable bonds is 4. The van der Waals surface area contributed by atoms with E-state index in [9.17, 15) is 4.79 Å². The Labute approximate surface area is 103 Å². The smallest absolute Gasteiger partial charge is 0.228 e. The molecule has 0 aliphatic rings. The first-order chi connectivity index (χ1) is 7.66. The quantitative estimate of drug-likeness (QED) is 0.845. The molecule has 0 aliphatic carbocycles. The molecule has 0 aromatic carbocycles. The van der Waals surface area contributed by atoms with Gasteiger partial charge in [0.1, 0.15) is 5.76 Å². The van der Waals surface area contributed by atoms with E-state index in [1.165, 1.54) is 0 Å². The van der Waals surface area contributed by atoms with Gasteiger partial charge in [-0.2, -0.15) is 0 Å². The van der Waals surface area contributed by atoms with Gasteiger partial charge in [-0.1, -0.05) is 0 Å². The van der Waals surface area contributed by atoms with Crippen molar-refractivity contribution in [3.63, 3.8) is 0 Å². The minimum Gasteiger partial charge on any atom is -0.467 e. The van der Waals surface area contributed by atoms with E-state index in [0.29, 0.717) is 0 Å². The van der Waals surface area contributed by atoms with Crippen LogP contribution in [0.1, 0.15) is 46.4 Å². The number of hydrogen-bond donors (Lipinski definition) is 2. The predicted molar refractivity (Wildman–Crippen MR) is 67.3 cm³/mol. The molecule has 96 valence electrons. The van der Waals surface area contributed by atoms with Crippen LogP contribution in [0.2, 0.25) is 0 Å². The van der Waals surface area contributed by atoms with Gasteiger partial charge in [-0.3, -0.25) is 4.79 Å². The zero-order valence-electron chi connectivity index (χ0n) is 11.2. The highest BCUT2D eigenvalue weighted by Gasteiger charge is 2.40. The lowest BCUT2D eigenvalue weighted by Crippen LogP contribution is -2.55. The molecule has 4 heteroatoms. The molecule has 0 saturated carbocycles. The number of nitrogens with one attached hydrogen (secondary N) is 1. The molecule has 1 heterocycles. The third-order valence-electron chi connectivity index (χ3n) is 3.50. The molecule has 0 spiro atoms. The van der Waals surface area contributed by atoms with E-state index in [0.717, 1.165) is 5.76 Å². The molecular formula is C13H22N2O2. The van der Waals surface area contributed by atoms with Gasteiger partial charge in [0.15, 0.2) is 0 Å². The molecule has 0 bridgehead atoms. The molecule has 1 aromatic heterocycles. The first kappa shape index (κ1) is 13.8. The molecule has 0 fully saturated rings. The number of hydrogen-bond acceptors (Lipinski definition) is 3. The summed E-state index contributed by atoms with van der Waals surface area (Å²) in [5, 5.41) is 2.92. The summed E-state index contributed by atoms with van der Waals surface area (Å²) in [5.74, 6) is 0.665. The molecule has 17 heavy (non-hydrogen) atoms. The van der Waals surface area contributed by atoms with E-state index >= 15 is 0 Å². The van der Waals surface area contributed by atoms with Crippen molar-refractivity contribution >= 4 is 5.91 Å². The second-order valence-electron chi connectivity index (χ2n) is 5.56. The van der Waals surface area contributed by atoms with Crippen LogP contribution < -0.4 is 11.1 Å². The van der Waals surface area contributed by atoms with Crippen molar-refractivity contribution in [3.05, 3.63) is 24.2 Å². The van der Waals surface area contributed by atoms with Crippen LogP contribution in [0.15, 0.2) is 22.8 Å². The van der Waals surface area contributed by atoms with E-state index in [2.05, 4.69) is 5.32 Å². The Balaban J connectivity index is 2.73. The van der Waals surface area contributed by atoms with Gasteiger partial charge >= 0.3 is 0 Å². The van der Waals surface area contributed by atoms with Crippen LogP contribution in [0.3, 0.4) is 0 Å². The van der Waals surface area contributed by atoms with Gasteiger partial charge in [0, 0.05) is 5.54 Å². The summed E-state index contributed by atoms with van der Waals surface area (Å²) in [6, 6.07) is 3.49. The highest BCUT2D eigenvalue weighted by atomic mass is 16.3. The minimum absolute atomic E-state index is 0.0751. The van der Waals surface area contributed by atoms with Crippen LogP contribution in [0.5, 0.6) is 0 Å². The van der Waals surface area contributed by atoms with Crippen molar-refractivity contribution in [2.75, 3.05) is 0 Å². The fraction of sp³-hybridized carbons (Fsp3) is 0.615. The molecule has 0 unspecified atom stereocenters. The van der Waals surface area contributed by atoms with Crippen LogP contribution in [-0.4, -0.2) is 11.4 Å². The normalized spacial score (nSPS) is 14.5. The predicted octanol–water partition coefficient (Wildman–Crippen LogP) is 2.22. The van der Waals surface area contributed by atoms with Crippen LogP contribution in [0.4, 0.5) is 0 Å². The van der Waals surface area contributed by atoms with Gasteiger partial charge in [-0.15, -0.1) is 0 Å². The Morgan fingerprint density at radius 1 is 1.41 bits per heavy atom. The van der Waals surface area contributed by atoms with Crippen molar-refractivity contribution in [2.45, 2.75) is 46.2 Å². The van der Waals surface area contributed by atoms with Crippen LogP contribution in [-0.2, 0) is 4.79 Å². The average molecular weight is 238 g/mol. The second kappa shape index (κ2) is 4.53. The number of carbonyl (C=O) groups is 1. The van der Waals surface area contributed by atoms with E-state index in [1.807, 2.05) is 40.7 Å². The molecule has 1 rings (SSSR count). The molecule has 0 saturated heterocycles. The molecule has 1 aromatic rings. The third kappa shape index (κ3) is 2.88. The van der Waals surface area contributed by atoms with Gasteiger partial charge in [0.25, 0.3) is 0 Å². The number of nitrogens with two attached hydrogens (primary N) is 1. The summed E-state index contributed by atoms with van der Waals surface area (Å²) in [4.78, 5) is 12.2. The van der Waals surface area contributed by atoms with Gasteiger partial charge in [0.2, 0.25) is 5.91 Å². The summed E-state index contributed by atoms with van der Waals surface area (Å²) in [6.07, 6.45) is 1.59. The standard InChI is InChI=1S/C13H22N2O2/c1-9(10-7-6-8-17-10)15-11(16)12(2,3)13(4,5)14/h6-9H,14H2,1-5H3,(H,15,16)/t9-/m0/s1. The Morgan fingerprint density at radius 2 is 2.00 bits per heavy atom. The summed E-state index contributed by atoms with van der Waals surface area (Å²) in [6.45, 7) is 9.28. The minimum atomic E-state index is -0.645. The lowest BCUT2D eigenvalue weighted by Gasteiger charge is -2.37. The zero-order chi connectivity index (χ0) is 13.3.